The molecule has 5 rings (SSSR count). The van der Waals surface area contributed by atoms with Gasteiger partial charge in [-0.05, 0) is 60.6 Å². The van der Waals surface area contributed by atoms with E-state index >= 15 is 0 Å². The number of rotatable bonds is 20. The van der Waals surface area contributed by atoms with Crippen LogP contribution in [0.5, 0.6) is 0 Å². The lowest BCUT2D eigenvalue weighted by atomic mass is 9.97. The summed E-state index contributed by atoms with van der Waals surface area (Å²) in [4.78, 5) is 51.1. The highest BCUT2D eigenvalue weighted by atomic mass is 32.2. The van der Waals surface area contributed by atoms with Crippen LogP contribution in [0, 0.1) is 28.9 Å². The molecule has 3 heterocycles. The molecule has 16 nitrogen and oxygen atoms in total. The number of furan rings is 1. The van der Waals surface area contributed by atoms with Crippen molar-refractivity contribution in [1.29, 1.82) is 0 Å². The summed E-state index contributed by atoms with van der Waals surface area (Å²) in [6, 6.07) is 15.7. The average Bonchev–Trinajstić information content (AvgIpc) is 3.91. The number of aliphatic hydroxyl groups excluding tert-OH is 1. The van der Waals surface area contributed by atoms with Gasteiger partial charge in [0.2, 0.25) is 11.0 Å². The van der Waals surface area contributed by atoms with Crippen LogP contribution in [0.15, 0.2) is 86.8 Å². The molecule has 18 heteroatoms. The third-order valence-electron chi connectivity index (χ3n) is 9.26. The number of urea groups is 1. The van der Waals surface area contributed by atoms with Crippen molar-refractivity contribution in [1.82, 2.24) is 24.4 Å². The number of sulfonamides is 1. The molecule has 0 radical (unpaired) electrons. The zero-order valence-corrected chi connectivity index (χ0v) is 34.2. The van der Waals surface area contributed by atoms with Crippen molar-refractivity contribution in [2.24, 2.45) is 17.0 Å². The molecular formula is C39H49N7O9S2. The van der Waals surface area contributed by atoms with Gasteiger partial charge in [-0.2, -0.15) is 4.31 Å². The molecule has 1 aliphatic rings. The molecule has 3 amide bonds. The molecule has 0 unspecified atom stereocenters. The van der Waals surface area contributed by atoms with Crippen LogP contribution in [0.4, 0.5) is 10.5 Å². The van der Waals surface area contributed by atoms with E-state index in [0.29, 0.717) is 25.2 Å². The Kier molecular flexibility index (Phi) is 14.6. The highest BCUT2D eigenvalue weighted by molar-refractivity contribution is 7.89. The van der Waals surface area contributed by atoms with E-state index in [0.717, 1.165) is 20.6 Å². The number of nitrogens with one attached hydrogen (secondary N) is 1. The summed E-state index contributed by atoms with van der Waals surface area (Å²) in [6.07, 6.45) is 0.0314. The Hall–Kier alpha value is -5.17. The summed E-state index contributed by atoms with van der Waals surface area (Å²) in [5.74, 6) is -0.769. The maximum Gasteiger partial charge on any atom is 0.321 e. The van der Waals surface area contributed by atoms with Gasteiger partial charge in [0.1, 0.15) is 24.6 Å². The fourth-order valence-corrected chi connectivity index (χ4v) is 8.65. The number of benzene rings is 2. The molecule has 0 bridgehead atoms. The zero-order valence-electron chi connectivity index (χ0n) is 32.6. The summed E-state index contributed by atoms with van der Waals surface area (Å²) in [5.41, 5.74) is 2.19. The number of hydrogen-bond acceptors (Lipinski definition) is 12. The van der Waals surface area contributed by atoms with E-state index in [1.54, 1.807) is 9.80 Å². The normalized spacial score (nSPS) is 15.2. The Labute approximate surface area is 336 Å². The first-order valence-electron chi connectivity index (χ1n) is 18.6. The first-order valence-corrected chi connectivity index (χ1v) is 20.9. The zero-order chi connectivity index (χ0) is 41.3. The van der Waals surface area contributed by atoms with E-state index in [1.807, 2.05) is 70.3 Å². The number of aliphatic hydroxyl groups is 1. The number of aryl methyl sites for hydroxylation is 1. The van der Waals surface area contributed by atoms with Crippen molar-refractivity contribution in [3.63, 3.8) is 0 Å². The smallest absolute Gasteiger partial charge is 0.321 e. The fourth-order valence-electron chi connectivity index (χ4n) is 6.50. The first kappa shape index (κ1) is 43.0. The topological polar surface area (TPSA) is 201 Å². The Bertz CT molecular complexity index is 2100. The number of amides is 3. The van der Waals surface area contributed by atoms with Gasteiger partial charge >= 0.3 is 6.03 Å². The van der Waals surface area contributed by atoms with Gasteiger partial charge in [-0.15, -0.1) is 11.3 Å². The molecule has 2 aromatic heterocycles. The van der Waals surface area contributed by atoms with Crippen molar-refractivity contribution in [2.75, 3.05) is 26.2 Å². The molecule has 2 aromatic carbocycles. The summed E-state index contributed by atoms with van der Waals surface area (Å²) in [7, 11) is -4.30. The van der Waals surface area contributed by atoms with Gasteiger partial charge in [-0.25, -0.2) is 18.2 Å². The van der Waals surface area contributed by atoms with Crippen LogP contribution in [0.2, 0.25) is 0 Å². The Morgan fingerprint density at radius 2 is 1.81 bits per heavy atom. The number of oxime groups is 1. The van der Waals surface area contributed by atoms with Crippen molar-refractivity contribution in [3.8, 4) is 0 Å². The highest BCUT2D eigenvalue weighted by Gasteiger charge is 2.41. The molecule has 0 spiro atoms. The number of nitro groups is 1. The van der Waals surface area contributed by atoms with E-state index in [9.17, 15) is 33.2 Å². The second kappa shape index (κ2) is 19.3. The summed E-state index contributed by atoms with van der Waals surface area (Å²) >= 11 is 1.51. The van der Waals surface area contributed by atoms with Crippen molar-refractivity contribution < 1.29 is 37.3 Å². The third-order valence-corrected chi connectivity index (χ3v) is 11.8. The maximum atomic E-state index is 14.2. The predicted molar refractivity (Wildman–Crippen MR) is 214 cm³/mol. The van der Waals surface area contributed by atoms with Gasteiger partial charge in [0.05, 0.1) is 34.3 Å². The van der Waals surface area contributed by atoms with Gasteiger partial charge in [-0.3, -0.25) is 14.9 Å². The van der Waals surface area contributed by atoms with Gasteiger partial charge < -0.3 is 29.5 Å². The van der Waals surface area contributed by atoms with E-state index in [1.165, 1.54) is 53.9 Å². The lowest BCUT2D eigenvalue weighted by Crippen LogP contribution is -2.57. The van der Waals surface area contributed by atoms with Gasteiger partial charge in [-0.1, -0.05) is 63.2 Å². The number of aromatic nitrogens is 1. The largest absolute Gasteiger partial charge is 0.442 e. The monoisotopic (exact) mass is 823 g/mol. The SMILES string of the molecule is Cc1nc(CN2CCN([C@H](C(=O)N[C@@H](Cc3ccccc3)[C@@H](O)CN(CC(C)C)S(=O)(=O)c3ccc(C=NOCc4ccc([N+](=O)[O-])cc4)o3)C(C)C)C2=O)cs1. The van der Waals surface area contributed by atoms with Gasteiger partial charge in [0, 0.05) is 43.7 Å². The van der Waals surface area contributed by atoms with Crippen molar-refractivity contribution in [3.05, 3.63) is 110 Å². The first-order chi connectivity index (χ1) is 27.1. The standard InChI is InChI=1S/C39H49N7O9S2/c1-26(2)21-44(57(52,53)36-16-15-33(55-36)20-40-54-24-30-11-13-32(14-12-30)46(50)51)23-35(47)34(19-29-9-7-6-8-10-29)42-38(48)37(27(3)4)45-18-17-43(39(45)49)22-31-25-56-28(5)41-31/h6-16,20,25-27,34-35,37,47H,17-19,21-24H2,1-5H3,(H,42,48)/t34-,35-,37-/m0/s1. The van der Waals surface area contributed by atoms with Crippen molar-refractivity contribution >= 4 is 45.2 Å². The fraction of sp³-hybridized carbons (Fsp3) is 0.436. The highest BCUT2D eigenvalue weighted by Crippen LogP contribution is 2.24. The van der Waals surface area contributed by atoms with Crippen LogP contribution < -0.4 is 5.32 Å². The van der Waals surface area contributed by atoms with Crippen LogP contribution >= 0.6 is 11.3 Å². The van der Waals surface area contributed by atoms with Crippen LogP contribution in [0.25, 0.3) is 0 Å². The lowest BCUT2D eigenvalue weighted by molar-refractivity contribution is -0.384. The second-order valence-electron chi connectivity index (χ2n) is 14.6. The molecule has 1 saturated heterocycles. The minimum absolute atomic E-state index is 0.0127. The number of thiazole rings is 1. The summed E-state index contributed by atoms with van der Waals surface area (Å²) < 4.78 is 34.9. The van der Waals surface area contributed by atoms with Crippen LogP contribution in [-0.4, -0.2) is 100 Å². The molecule has 306 valence electrons. The Morgan fingerprint density at radius 1 is 1.09 bits per heavy atom. The lowest BCUT2D eigenvalue weighted by Gasteiger charge is -2.34. The molecule has 0 aliphatic carbocycles. The van der Waals surface area contributed by atoms with E-state index in [4.69, 9.17) is 9.25 Å². The van der Waals surface area contributed by atoms with E-state index in [-0.39, 0.29) is 60.5 Å². The minimum Gasteiger partial charge on any atom is -0.442 e. The van der Waals surface area contributed by atoms with Crippen LogP contribution in [0.3, 0.4) is 0 Å². The van der Waals surface area contributed by atoms with Crippen LogP contribution in [-0.2, 0) is 39.2 Å². The molecule has 0 saturated carbocycles. The molecule has 1 fully saturated rings. The Balaban J connectivity index is 1.30. The number of nitro benzene ring substituents is 1. The number of carbonyl (C=O) groups excluding carboxylic acids is 2. The second-order valence-corrected chi connectivity index (χ2v) is 17.6. The molecule has 2 N–H and O–H groups in total. The van der Waals surface area contributed by atoms with Gasteiger partial charge in [0.25, 0.3) is 15.7 Å². The maximum absolute atomic E-state index is 14.2. The predicted octanol–water partition coefficient (Wildman–Crippen LogP) is 5.20. The van der Waals surface area contributed by atoms with E-state index in [2.05, 4.69) is 15.5 Å². The number of nitrogens with zero attached hydrogens (tertiary/aromatic N) is 6. The minimum atomic E-state index is -4.30. The quantitative estimate of drug-likeness (QED) is 0.0678. The molecule has 1 aliphatic heterocycles. The van der Waals surface area contributed by atoms with Gasteiger partial charge in [0.15, 0.2) is 0 Å². The Morgan fingerprint density at radius 3 is 2.44 bits per heavy atom. The number of hydrogen-bond donors (Lipinski definition) is 2. The third kappa shape index (κ3) is 11.5. The molecule has 4 aromatic rings. The number of non-ortho nitro benzene ring substituents is 1. The van der Waals surface area contributed by atoms with E-state index < -0.39 is 39.0 Å². The molecular weight excluding hydrogens is 775 g/mol. The summed E-state index contributed by atoms with van der Waals surface area (Å²) in [6.45, 7) is 10.1. The molecule has 3 atom stereocenters. The average molecular weight is 824 g/mol. The van der Waals surface area contributed by atoms with Crippen LogP contribution in [0.1, 0.15) is 55.3 Å². The number of carbonyl (C=O) groups is 2. The van der Waals surface area contributed by atoms with Crippen molar-refractivity contribution in [2.45, 2.75) is 77.5 Å². The summed E-state index contributed by atoms with van der Waals surface area (Å²) in [5, 5.41) is 32.0. The molecule has 57 heavy (non-hydrogen) atoms.